The molecule has 0 amide bonds. The van der Waals surface area contributed by atoms with Gasteiger partial charge < -0.3 is 10.2 Å². The van der Waals surface area contributed by atoms with E-state index in [1.54, 1.807) is 6.07 Å². The second-order valence-electron chi connectivity index (χ2n) is 2.18. The van der Waals surface area contributed by atoms with Crippen LogP contribution in [0.3, 0.4) is 0 Å². The van der Waals surface area contributed by atoms with Crippen LogP contribution in [0.5, 0.6) is 0 Å². The predicted octanol–water partition coefficient (Wildman–Crippen LogP) is 2.34. The zero-order chi connectivity index (χ0) is 7.56. The molecule has 0 unspecified atom stereocenters. The molecule has 1 aromatic heterocycles. The van der Waals surface area contributed by atoms with Gasteiger partial charge in [0, 0.05) is 0 Å². The molecule has 1 aromatic rings. The third kappa shape index (κ3) is 1.52. The van der Waals surface area contributed by atoms with Crippen molar-refractivity contribution in [2.24, 2.45) is 5.73 Å². The lowest BCUT2D eigenvalue weighted by atomic mass is 10.2. The van der Waals surface area contributed by atoms with Crippen LogP contribution in [0.15, 0.2) is 16.7 Å². The van der Waals surface area contributed by atoms with E-state index in [1.807, 2.05) is 6.92 Å². The second kappa shape index (κ2) is 3.08. The van der Waals surface area contributed by atoms with Gasteiger partial charge in [-0.15, -0.1) is 0 Å². The lowest BCUT2D eigenvalue weighted by molar-refractivity contribution is 0.460. The van der Waals surface area contributed by atoms with E-state index >= 15 is 0 Å². The zero-order valence-corrected chi connectivity index (χ0v) is 6.56. The maximum atomic E-state index is 5.66. The average Bonchev–Trinajstić information content (AvgIpc) is 2.34. The van der Waals surface area contributed by atoms with Crippen LogP contribution in [0.25, 0.3) is 0 Å². The van der Waals surface area contributed by atoms with Crippen LogP contribution in [0.4, 0.5) is 0 Å². The van der Waals surface area contributed by atoms with Crippen LogP contribution in [-0.4, -0.2) is 0 Å². The van der Waals surface area contributed by atoms with Crippen molar-refractivity contribution in [3.63, 3.8) is 0 Å². The molecule has 0 aliphatic carbocycles. The topological polar surface area (TPSA) is 39.2 Å². The quantitative estimate of drug-likeness (QED) is 0.720. The highest BCUT2D eigenvalue weighted by Gasteiger charge is 2.06. The summed E-state index contributed by atoms with van der Waals surface area (Å²) >= 11 is 5.61. The second-order valence-corrected chi connectivity index (χ2v) is 2.62. The molecule has 1 heterocycles. The molecule has 0 spiro atoms. The van der Waals surface area contributed by atoms with Crippen molar-refractivity contribution in [1.82, 2.24) is 0 Å². The maximum absolute atomic E-state index is 5.66. The Morgan fingerprint density at radius 2 is 2.50 bits per heavy atom. The van der Waals surface area contributed by atoms with Gasteiger partial charge in [0.1, 0.15) is 12.0 Å². The number of nitrogens with two attached hydrogens (primary N) is 1. The van der Waals surface area contributed by atoms with Gasteiger partial charge in [0.2, 0.25) is 0 Å². The minimum Gasteiger partial charge on any atom is -0.466 e. The van der Waals surface area contributed by atoms with Crippen molar-refractivity contribution < 1.29 is 4.42 Å². The highest BCUT2D eigenvalue weighted by Crippen LogP contribution is 2.19. The fourth-order valence-corrected chi connectivity index (χ4v) is 0.876. The fourth-order valence-electron chi connectivity index (χ4n) is 0.724. The Kier molecular flexibility index (Phi) is 2.35. The predicted molar refractivity (Wildman–Crippen MR) is 40.9 cm³/mol. The van der Waals surface area contributed by atoms with Gasteiger partial charge in [-0.2, -0.15) is 0 Å². The molecule has 0 saturated carbocycles. The molecule has 0 radical (unpaired) electrons. The highest BCUT2D eigenvalue weighted by atomic mass is 35.5. The van der Waals surface area contributed by atoms with Crippen LogP contribution in [0.1, 0.15) is 25.1 Å². The third-order valence-electron chi connectivity index (χ3n) is 1.39. The molecule has 10 heavy (non-hydrogen) atoms. The Morgan fingerprint density at radius 3 is 2.90 bits per heavy atom. The summed E-state index contributed by atoms with van der Waals surface area (Å²) in [5.74, 6) is 0.757. The Bertz CT molecular complexity index is 209. The molecule has 1 rings (SSSR count). The van der Waals surface area contributed by atoms with Crippen molar-refractivity contribution in [3.05, 3.63) is 23.1 Å². The summed E-state index contributed by atoms with van der Waals surface area (Å²) in [5.41, 5.74) is 5.66. The van der Waals surface area contributed by atoms with Crippen LogP contribution in [-0.2, 0) is 0 Å². The maximum Gasteiger partial charge on any atom is 0.122 e. The first-order valence-electron chi connectivity index (χ1n) is 3.23. The van der Waals surface area contributed by atoms with Gasteiger partial charge in [0.25, 0.3) is 0 Å². The average molecular weight is 160 g/mol. The van der Waals surface area contributed by atoms with Crippen molar-refractivity contribution in [2.45, 2.75) is 19.4 Å². The summed E-state index contributed by atoms with van der Waals surface area (Å²) in [6.07, 6.45) is 2.36. The largest absolute Gasteiger partial charge is 0.466 e. The minimum atomic E-state index is -0.0208. The molecule has 1 atom stereocenters. The van der Waals surface area contributed by atoms with Gasteiger partial charge in [-0.05, 0) is 12.5 Å². The number of halogens is 1. The Balaban J connectivity index is 2.74. The molecule has 0 aromatic carbocycles. The van der Waals surface area contributed by atoms with Gasteiger partial charge in [-0.3, -0.25) is 0 Å². The first kappa shape index (κ1) is 7.63. The van der Waals surface area contributed by atoms with Crippen molar-refractivity contribution in [3.8, 4) is 0 Å². The number of hydrogen-bond donors (Lipinski definition) is 1. The lowest BCUT2D eigenvalue weighted by Crippen LogP contribution is -2.06. The van der Waals surface area contributed by atoms with E-state index in [0.29, 0.717) is 5.02 Å². The zero-order valence-electron chi connectivity index (χ0n) is 5.80. The number of furan rings is 1. The third-order valence-corrected chi connectivity index (χ3v) is 1.59. The van der Waals surface area contributed by atoms with E-state index in [2.05, 4.69) is 0 Å². The summed E-state index contributed by atoms with van der Waals surface area (Å²) in [4.78, 5) is 0. The smallest absolute Gasteiger partial charge is 0.122 e. The normalized spacial score (nSPS) is 13.5. The molecule has 0 aliphatic heterocycles. The molecule has 0 bridgehead atoms. The summed E-state index contributed by atoms with van der Waals surface area (Å²) < 4.78 is 5.06. The van der Waals surface area contributed by atoms with Gasteiger partial charge in [-0.25, -0.2) is 0 Å². The molecule has 0 fully saturated rings. The van der Waals surface area contributed by atoms with Gasteiger partial charge >= 0.3 is 0 Å². The molecule has 2 N–H and O–H groups in total. The van der Waals surface area contributed by atoms with Crippen molar-refractivity contribution >= 4 is 11.6 Å². The van der Waals surface area contributed by atoms with E-state index in [-0.39, 0.29) is 6.04 Å². The monoisotopic (exact) mass is 159 g/mol. The van der Waals surface area contributed by atoms with Crippen LogP contribution >= 0.6 is 11.6 Å². The van der Waals surface area contributed by atoms with Gasteiger partial charge in [-0.1, -0.05) is 18.5 Å². The number of rotatable bonds is 2. The minimum absolute atomic E-state index is 0.0208. The van der Waals surface area contributed by atoms with Crippen LogP contribution in [0, 0.1) is 0 Å². The Morgan fingerprint density at radius 1 is 1.80 bits per heavy atom. The van der Waals surface area contributed by atoms with E-state index in [0.717, 1.165) is 12.2 Å². The molecule has 3 heteroatoms. The SMILES string of the molecule is CC[C@@H](N)c1cc(Cl)co1. The standard InChI is InChI=1S/C7H10ClNO/c1-2-6(9)7-3-5(8)4-10-7/h3-4,6H,2,9H2,1H3/t6-/m1/s1. The lowest BCUT2D eigenvalue weighted by Gasteiger charge is -2.01. The van der Waals surface area contributed by atoms with E-state index in [4.69, 9.17) is 21.8 Å². The Hall–Kier alpha value is -0.470. The van der Waals surface area contributed by atoms with E-state index < -0.39 is 0 Å². The summed E-state index contributed by atoms with van der Waals surface area (Å²) in [6.45, 7) is 2.00. The summed E-state index contributed by atoms with van der Waals surface area (Å²) in [6, 6.07) is 1.72. The van der Waals surface area contributed by atoms with Crippen LogP contribution in [0.2, 0.25) is 5.02 Å². The summed E-state index contributed by atoms with van der Waals surface area (Å²) in [7, 11) is 0. The van der Waals surface area contributed by atoms with Crippen molar-refractivity contribution in [2.75, 3.05) is 0 Å². The van der Waals surface area contributed by atoms with E-state index in [1.165, 1.54) is 6.26 Å². The number of hydrogen-bond acceptors (Lipinski definition) is 2. The Labute approximate surface area is 65.0 Å². The first-order valence-corrected chi connectivity index (χ1v) is 3.61. The molecule has 0 saturated heterocycles. The first-order chi connectivity index (χ1) is 4.74. The fraction of sp³-hybridized carbons (Fsp3) is 0.429. The highest BCUT2D eigenvalue weighted by molar-refractivity contribution is 6.30. The molecular formula is C7H10ClNO. The van der Waals surface area contributed by atoms with Gasteiger partial charge in [0.05, 0.1) is 11.1 Å². The molecule has 0 aliphatic rings. The van der Waals surface area contributed by atoms with Gasteiger partial charge in [0.15, 0.2) is 0 Å². The van der Waals surface area contributed by atoms with Crippen LogP contribution < -0.4 is 5.73 Å². The van der Waals surface area contributed by atoms with Crippen molar-refractivity contribution in [1.29, 1.82) is 0 Å². The molecular weight excluding hydrogens is 150 g/mol. The molecule has 2 nitrogen and oxygen atoms in total. The molecule has 56 valence electrons. The summed E-state index contributed by atoms with van der Waals surface area (Å²) in [5, 5.41) is 0.610. The van der Waals surface area contributed by atoms with E-state index in [9.17, 15) is 0 Å².